The van der Waals surface area contributed by atoms with Gasteiger partial charge >= 0.3 is 12.1 Å². The summed E-state index contributed by atoms with van der Waals surface area (Å²) in [6, 6.07) is 0. The zero-order chi connectivity index (χ0) is 12.6. The van der Waals surface area contributed by atoms with Crippen LogP contribution in [0.3, 0.4) is 0 Å². The second-order valence-electron chi connectivity index (χ2n) is 2.72. The molecule has 2 N–H and O–H groups in total. The summed E-state index contributed by atoms with van der Waals surface area (Å²) in [5, 5.41) is 0. The van der Waals surface area contributed by atoms with Crippen LogP contribution in [0, 0.1) is 0 Å². The van der Waals surface area contributed by atoms with E-state index in [0.29, 0.717) is 0 Å². The minimum Gasteiger partial charge on any atom is -0.465 e. The normalized spacial score (nSPS) is 10.1. The van der Waals surface area contributed by atoms with Gasteiger partial charge in [0.15, 0.2) is 8.38 Å². The first kappa shape index (κ1) is 15.1. The molecule has 0 spiro atoms. The lowest BCUT2D eigenvalue weighted by Gasteiger charge is -2.20. The first-order valence-corrected chi connectivity index (χ1v) is 6.17. The summed E-state index contributed by atoms with van der Waals surface area (Å²) in [5.74, 6) is -0.618. The average Bonchev–Trinajstić information content (AvgIpc) is 2.16. The summed E-state index contributed by atoms with van der Waals surface area (Å²) >= 11 is 0. The van der Waals surface area contributed by atoms with Gasteiger partial charge in [-0.25, -0.2) is 4.79 Å². The molecule has 94 valence electrons. The number of rotatable bonds is 6. The van der Waals surface area contributed by atoms with Gasteiger partial charge in [-0.3, -0.25) is 9.69 Å². The summed E-state index contributed by atoms with van der Waals surface area (Å²) in [4.78, 5) is 40.9. The van der Waals surface area contributed by atoms with Gasteiger partial charge in [0.2, 0.25) is 0 Å². The molecule has 16 heavy (non-hydrogen) atoms. The number of hydrogen-bond acceptors (Lipinski definition) is 6. The van der Waals surface area contributed by atoms with Crippen molar-refractivity contribution < 1.29 is 28.8 Å². The Hall–Kier alpha value is -0.910. The number of ether oxygens (including phenoxy) is 2. The van der Waals surface area contributed by atoms with E-state index in [0.717, 1.165) is 4.90 Å². The topological polar surface area (TPSA) is 96.3 Å². The van der Waals surface area contributed by atoms with Crippen molar-refractivity contribution in [3.8, 4) is 0 Å². The maximum Gasteiger partial charge on any atom is 0.410 e. The van der Waals surface area contributed by atoms with E-state index in [2.05, 4.69) is 9.47 Å². The van der Waals surface area contributed by atoms with Crippen molar-refractivity contribution in [1.29, 1.82) is 0 Å². The van der Waals surface area contributed by atoms with Crippen molar-refractivity contribution >= 4 is 20.4 Å². The zero-order valence-corrected chi connectivity index (χ0v) is 10.1. The lowest BCUT2D eigenvalue weighted by molar-refractivity contribution is -0.143. The van der Waals surface area contributed by atoms with Crippen LogP contribution in [-0.2, 0) is 14.3 Å². The molecular formula is C8H16NO6P. The zero-order valence-electron chi connectivity index (χ0n) is 9.25. The predicted molar refractivity (Wildman–Crippen MR) is 56.6 cm³/mol. The smallest absolute Gasteiger partial charge is 0.410 e. The van der Waals surface area contributed by atoms with Gasteiger partial charge in [-0.15, -0.1) is 0 Å². The van der Waals surface area contributed by atoms with Crippen molar-refractivity contribution in [2.24, 2.45) is 0 Å². The molecule has 0 atom stereocenters. The Bertz CT molecular complexity index is 235. The van der Waals surface area contributed by atoms with E-state index >= 15 is 0 Å². The van der Waals surface area contributed by atoms with Gasteiger partial charge in [0.25, 0.3) is 0 Å². The molecule has 0 radical (unpaired) electrons. The second-order valence-corrected chi connectivity index (χ2v) is 3.74. The van der Waals surface area contributed by atoms with E-state index in [1.54, 1.807) is 13.8 Å². The van der Waals surface area contributed by atoms with Crippen molar-refractivity contribution in [2.75, 3.05) is 26.0 Å². The van der Waals surface area contributed by atoms with Crippen molar-refractivity contribution in [3.05, 3.63) is 0 Å². The monoisotopic (exact) mass is 253 g/mol. The molecule has 0 saturated heterocycles. The molecular weight excluding hydrogens is 237 g/mol. The third kappa shape index (κ3) is 6.55. The first-order valence-electron chi connectivity index (χ1n) is 4.73. The Kier molecular flexibility index (Phi) is 7.80. The number of carbonyl (C=O) groups is 2. The van der Waals surface area contributed by atoms with Gasteiger partial charge < -0.3 is 19.3 Å². The fraction of sp³-hybridized carbons (Fsp3) is 0.750. The molecule has 0 aromatic rings. The molecule has 0 aromatic carbocycles. The summed E-state index contributed by atoms with van der Waals surface area (Å²) < 4.78 is 9.29. The van der Waals surface area contributed by atoms with Crippen LogP contribution in [0.15, 0.2) is 0 Å². The van der Waals surface area contributed by atoms with E-state index in [-0.39, 0.29) is 26.0 Å². The predicted octanol–water partition coefficient (Wildman–Crippen LogP) is 0.262. The highest BCUT2D eigenvalue weighted by atomic mass is 31.2. The first-order chi connectivity index (χ1) is 7.51. The molecule has 0 aliphatic carbocycles. The Balaban J connectivity index is 4.30. The third-order valence-electron chi connectivity index (χ3n) is 1.45. The molecule has 0 heterocycles. The fourth-order valence-corrected chi connectivity index (χ4v) is 1.42. The Labute approximate surface area is 94.9 Å². The minimum atomic E-state index is -2.31. The quantitative estimate of drug-likeness (QED) is 0.520. The highest BCUT2D eigenvalue weighted by Crippen LogP contribution is 2.24. The summed E-state index contributed by atoms with van der Waals surface area (Å²) in [7, 11) is -2.31. The summed E-state index contributed by atoms with van der Waals surface area (Å²) in [5.41, 5.74) is 0. The molecule has 0 aromatic heterocycles. The van der Waals surface area contributed by atoms with E-state index < -0.39 is 20.4 Å². The van der Waals surface area contributed by atoms with Crippen molar-refractivity contribution in [1.82, 2.24) is 4.90 Å². The maximum atomic E-state index is 11.3. The molecule has 0 bridgehead atoms. The lowest BCUT2D eigenvalue weighted by Crippen LogP contribution is -2.37. The second kappa shape index (κ2) is 8.27. The van der Waals surface area contributed by atoms with E-state index in [9.17, 15) is 9.59 Å². The van der Waals surface area contributed by atoms with Crippen molar-refractivity contribution in [2.45, 2.75) is 13.8 Å². The van der Waals surface area contributed by atoms with Gasteiger partial charge in [-0.05, 0) is 13.8 Å². The maximum absolute atomic E-state index is 11.3. The Morgan fingerprint density at radius 1 is 1.19 bits per heavy atom. The van der Waals surface area contributed by atoms with Crippen LogP contribution < -0.4 is 0 Å². The van der Waals surface area contributed by atoms with E-state index in [1.807, 2.05) is 0 Å². The third-order valence-corrected chi connectivity index (χ3v) is 2.04. The van der Waals surface area contributed by atoms with Crippen LogP contribution in [0.5, 0.6) is 0 Å². The van der Waals surface area contributed by atoms with Crippen LogP contribution in [0.4, 0.5) is 4.79 Å². The molecule has 0 aliphatic rings. The molecule has 7 nitrogen and oxygen atoms in total. The van der Waals surface area contributed by atoms with Gasteiger partial charge in [-0.1, -0.05) is 0 Å². The summed E-state index contributed by atoms with van der Waals surface area (Å²) in [6.07, 6.45) is -1.11. The van der Waals surface area contributed by atoms with Gasteiger partial charge in [-0.2, -0.15) is 0 Å². The molecule has 0 fully saturated rings. The highest BCUT2D eigenvalue weighted by Gasteiger charge is 2.21. The van der Waals surface area contributed by atoms with E-state index in [4.69, 9.17) is 9.79 Å². The Morgan fingerprint density at radius 2 is 1.75 bits per heavy atom. The number of esters is 1. The van der Waals surface area contributed by atoms with Crippen molar-refractivity contribution in [3.63, 3.8) is 0 Å². The van der Waals surface area contributed by atoms with Crippen LogP contribution >= 0.6 is 8.38 Å². The van der Waals surface area contributed by atoms with Crippen LogP contribution in [0.1, 0.15) is 13.8 Å². The molecule has 0 rings (SSSR count). The number of amides is 1. The fourth-order valence-electron chi connectivity index (χ4n) is 0.902. The van der Waals surface area contributed by atoms with Gasteiger partial charge in [0.05, 0.1) is 19.5 Å². The average molecular weight is 253 g/mol. The molecule has 8 heteroatoms. The van der Waals surface area contributed by atoms with Crippen LogP contribution in [0.2, 0.25) is 0 Å². The van der Waals surface area contributed by atoms with E-state index in [1.165, 1.54) is 0 Å². The molecule has 0 aliphatic heterocycles. The minimum absolute atomic E-state index is 0.146. The lowest BCUT2D eigenvalue weighted by atomic mass is 10.6. The molecule has 1 amide bonds. The van der Waals surface area contributed by atoms with Crippen LogP contribution in [0.25, 0.3) is 0 Å². The molecule has 0 unspecified atom stereocenters. The SMILES string of the molecule is CCOC(=O)CN(CP(O)O)C(=O)OCC. The van der Waals surface area contributed by atoms with Gasteiger partial charge in [0.1, 0.15) is 6.54 Å². The largest absolute Gasteiger partial charge is 0.465 e. The van der Waals surface area contributed by atoms with Gasteiger partial charge in [0, 0.05) is 0 Å². The Morgan fingerprint density at radius 3 is 2.19 bits per heavy atom. The molecule has 0 saturated carbocycles. The number of nitrogens with zero attached hydrogens (tertiary/aromatic N) is 1. The van der Waals surface area contributed by atoms with Crippen LogP contribution in [-0.4, -0.2) is 52.8 Å². The standard InChI is InChI=1S/C8H16NO6P/c1-3-14-7(10)5-9(6-16(12)13)8(11)15-4-2/h12-13H,3-6H2,1-2H3. The highest BCUT2D eigenvalue weighted by molar-refractivity contribution is 7.45. The number of carbonyl (C=O) groups excluding carboxylic acids is 2. The number of hydrogen-bond donors (Lipinski definition) is 2. The summed E-state index contributed by atoms with van der Waals surface area (Å²) in [6.45, 7) is 3.24.